The lowest BCUT2D eigenvalue weighted by atomic mass is 10.1. The van der Waals surface area contributed by atoms with Crippen molar-refractivity contribution in [1.82, 2.24) is 5.06 Å². The molecule has 1 N–H and O–H groups in total. The van der Waals surface area contributed by atoms with Crippen LogP contribution in [0, 0.1) is 6.92 Å². The van der Waals surface area contributed by atoms with Crippen LogP contribution in [0.15, 0.2) is 41.3 Å². The van der Waals surface area contributed by atoms with Gasteiger partial charge in [0.05, 0.1) is 4.90 Å². The quantitative estimate of drug-likeness (QED) is 0.505. The highest BCUT2D eigenvalue weighted by Crippen LogP contribution is 2.14. The van der Waals surface area contributed by atoms with Gasteiger partial charge in [-0.25, -0.2) is 4.79 Å². The highest BCUT2D eigenvalue weighted by atomic mass is 32.2. The van der Waals surface area contributed by atoms with Crippen molar-refractivity contribution in [2.75, 3.05) is 6.54 Å². The largest absolute Gasteiger partial charge is 0.364 e. The van der Waals surface area contributed by atoms with E-state index in [1.54, 1.807) is 24.1 Å². The van der Waals surface area contributed by atoms with Gasteiger partial charge in [0.15, 0.2) is 0 Å². The third-order valence-electron chi connectivity index (χ3n) is 2.90. The molecular formula is C17H27NO5S. The summed E-state index contributed by atoms with van der Waals surface area (Å²) in [4.78, 5) is 16.2. The monoisotopic (exact) mass is 357 g/mol. The summed E-state index contributed by atoms with van der Waals surface area (Å²) in [7, 11) is -4.02. The second-order valence-electron chi connectivity index (χ2n) is 6.31. The van der Waals surface area contributed by atoms with Crippen LogP contribution in [0.5, 0.6) is 0 Å². The van der Waals surface area contributed by atoms with Crippen LogP contribution in [0.3, 0.4) is 0 Å². The van der Waals surface area contributed by atoms with Crippen LogP contribution >= 0.6 is 0 Å². The smallest absolute Gasteiger partial charge is 0.352 e. The van der Waals surface area contributed by atoms with Gasteiger partial charge >= 0.3 is 5.97 Å². The first-order chi connectivity index (χ1) is 10.8. The first-order valence-electron chi connectivity index (χ1n) is 7.48. The highest BCUT2D eigenvalue weighted by molar-refractivity contribution is 7.85. The second-order valence-corrected chi connectivity index (χ2v) is 7.73. The molecule has 0 heterocycles. The van der Waals surface area contributed by atoms with E-state index in [9.17, 15) is 13.2 Å². The lowest BCUT2D eigenvalue weighted by Gasteiger charge is -2.32. The normalized spacial score (nSPS) is 11.5. The molecule has 0 atom stereocenters. The molecule has 1 aromatic carbocycles. The number of carbonyl (C=O) groups excluding carboxylic acids is 1. The van der Waals surface area contributed by atoms with Crippen molar-refractivity contribution in [3.8, 4) is 0 Å². The molecule has 136 valence electrons. The Labute approximate surface area is 144 Å². The maximum absolute atomic E-state index is 11.2. The number of hydrogen-bond donors (Lipinski definition) is 1. The molecule has 7 heteroatoms. The Morgan fingerprint density at radius 2 is 1.71 bits per heavy atom. The summed E-state index contributed by atoms with van der Waals surface area (Å²) in [5.74, 6) is -0.364. The van der Waals surface area contributed by atoms with Crippen LogP contribution in [0.25, 0.3) is 0 Å². The number of rotatable bonds is 4. The van der Waals surface area contributed by atoms with Gasteiger partial charge in [0, 0.05) is 17.7 Å². The Kier molecular flexibility index (Phi) is 8.32. The minimum Gasteiger partial charge on any atom is -0.364 e. The zero-order chi connectivity index (χ0) is 19.1. The second kappa shape index (κ2) is 8.96. The Balaban J connectivity index is 0.000000446. The number of aryl methyl sites for hydroxylation is 1. The number of carbonyl (C=O) groups is 1. The molecule has 1 aromatic rings. The molecule has 0 aliphatic heterocycles. The van der Waals surface area contributed by atoms with E-state index in [2.05, 4.69) is 6.58 Å². The molecule has 0 bridgehead atoms. The first-order valence-corrected chi connectivity index (χ1v) is 8.92. The van der Waals surface area contributed by atoms with E-state index < -0.39 is 10.1 Å². The van der Waals surface area contributed by atoms with E-state index in [1.807, 2.05) is 34.6 Å². The van der Waals surface area contributed by atoms with Crippen molar-refractivity contribution in [2.24, 2.45) is 0 Å². The first kappa shape index (κ1) is 22.3. The van der Waals surface area contributed by atoms with Gasteiger partial charge in [0.1, 0.15) is 0 Å². The Morgan fingerprint density at radius 3 is 2.00 bits per heavy atom. The average Bonchev–Trinajstić information content (AvgIpc) is 2.43. The molecule has 1 rings (SSSR count). The van der Waals surface area contributed by atoms with E-state index in [1.165, 1.54) is 12.1 Å². The van der Waals surface area contributed by atoms with Crippen molar-refractivity contribution in [1.29, 1.82) is 0 Å². The molecule has 0 radical (unpaired) electrons. The molecule has 0 fully saturated rings. The summed E-state index contributed by atoms with van der Waals surface area (Å²) in [5, 5.41) is 1.64. The fraction of sp³-hybridized carbons (Fsp3) is 0.471. The predicted molar refractivity (Wildman–Crippen MR) is 94.0 cm³/mol. The van der Waals surface area contributed by atoms with Crippen molar-refractivity contribution in [3.05, 3.63) is 42.0 Å². The van der Waals surface area contributed by atoms with Gasteiger partial charge in [-0.05, 0) is 53.7 Å². The van der Waals surface area contributed by atoms with E-state index in [-0.39, 0.29) is 16.4 Å². The van der Waals surface area contributed by atoms with Crippen molar-refractivity contribution >= 4 is 16.1 Å². The SMILES string of the molecule is C=C(C)C(=O)ON(CC)C(C)(C)C.Cc1ccc(S(=O)(=O)O)cc1. The van der Waals surface area contributed by atoms with Crippen LogP contribution in [-0.2, 0) is 19.8 Å². The molecule has 0 saturated heterocycles. The lowest BCUT2D eigenvalue weighted by molar-refractivity contribution is -0.208. The molecular weight excluding hydrogens is 330 g/mol. The fourth-order valence-electron chi connectivity index (χ4n) is 1.56. The third-order valence-corrected chi connectivity index (χ3v) is 3.76. The summed E-state index contributed by atoms with van der Waals surface area (Å²) in [6.45, 7) is 15.6. The third kappa shape index (κ3) is 8.24. The number of hydrogen-bond acceptors (Lipinski definition) is 5. The predicted octanol–water partition coefficient (Wildman–Crippen LogP) is 3.38. The van der Waals surface area contributed by atoms with Gasteiger partial charge < -0.3 is 4.84 Å². The van der Waals surface area contributed by atoms with Crippen LogP contribution in [0.1, 0.15) is 40.2 Å². The Hall–Kier alpha value is -1.70. The topological polar surface area (TPSA) is 83.9 Å². The molecule has 24 heavy (non-hydrogen) atoms. The van der Waals surface area contributed by atoms with E-state index in [0.29, 0.717) is 12.1 Å². The van der Waals surface area contributed by atoms with Crippen molar-refractivity contribution < 1.29 is 22.6 Å². The number of benzene rings is 1. The zero-order valence-electron chi connectivity index (χ0n) is 15.2. The molecule has 6 nitrogen and oxygen atoms in total. The van der Waals surface area contributed by atoms with Gasteiger partial charge in [0.25, 0.3) is 10.1 Å². The minimum atomic E-state index is -4.02. The molecule has 0 aliphatic carbocycles. The van der Waals surface area contributed by atoms with Gasteiger partial charge in [-0.2, -0.15) is 8.42 Å². The standard InChI is InChI=1S/C10H19NO2.C7H8O3S/c1-7-11(10(4,5)6)13-9(12)8(2)3;1-6-2-4-7(5-3-6)11(8,9)10/h2,7H2,1,3-6H3;2-5H,1H3,(H,8,9,10). The molecule has 0 spiro atoms. The van der Waals surface area contributed by atoms with Crippen LogP contribution in [0.2, 0.25) is 0 Å². The zero-order valence-corrected chi connectivity index (χ0v) is 16.0. The van der Waals surface area contributed by atoms with Gasteiger partial charge in [0.2, 0.25) is 0 Å². The van der Waals surface area contributed by atoms with E-state index in [0.717, 1.165) is 5.56 Å². The highest BCUT2D eigenvalue weighted by Gasteiger charge is 2.23. The van der Waals surface area contributed by atoms with Gasteiger partial charge in [-0.15, -0.1) is 5.06 Å². The van der Waals surface area contributed by atoms with E-state index in [4.69, 9.17) is 9.39 Å². The van der Waals surface area contributed by atoms with Crippen LogP contribution in [-0.4, -0.2) is 36.1 Å². The Bertz CT molecular complexity index is 657. The minimum absolute atomic E-state index is 0.0666. The summed E-state index contributed by atoms with van der Waals surface area (Å²) < 4.78 is 29.6. The number of hydroxylamine groups is 2. The summed E-state index contributed by atoms with van der Waals surface area (Å²) in [5.41, 5.74) is 1.21. The molecule has 0 aliphatic rings. The van der Waals surface area contributed by atoms with E-state index >= 15 is 0 Å². The molecule has 0 amide bonds. The van der Waals surface area contributed by atoms with Crippen molar-refractivity contribution in [3.63, 3.8) is 0 Å². The van der Waals surface area contributed by atoms with Crippen LogP contribution < -0.4 is 0 Å². The molecule has 0 saturated carbocycles. The van der Waals surface area contributed by atoms with Crippen molar-refractivity contribution in [2.45, 2.75) is 52.0 Å². The molecule has 0 aromatic heterocycles. The van der Waals surface area contributed by atoms with Gasteiger partial charge in [-0.3, -0.25) is 4.55 Å². The average molecular weight is 357 g/mol. The summed E-state index contributed by atoms with van der Waals surface area (Å²) >= 11 is 0. The van der Waals surface area contributed by atoms with Crippen LogP contribution in [0.4, 0.5) is 0 Å². The van der Waals surface area contributed by atoms with Gasteiger partial charge in [-0.1, -0.05) is 24.3 Å². The lowest BCUT2D eigenvalue weighted by Crippen LogP contribution is -2.42. The maximum atomic E-state index is 11.2. The summed E-state index contributed by atoms with van der Waals surface area (Å²) in [6, 6.07) is 5.99. The summed E-state index contributed by atoms with van der Waals surface area (Å²) in [6.07, 6.45) is 0. The molecule has 0 unspecified atom stereocenters. The maximum Gasteiger partial charge on any atom is 0.352 e. The Morgan fingerprint density at radius 1 is 1.25 bits per heavy atom. The fourth-order valence-corrected chi connectivity index (χ4v) is 2.04. The number of nitrogens with zero attached hydrogens (tertiary/aromatic N) is 1.